The van der Waals surface area contributed by atoms with Crippen molar-refractivity contribution in [3.05, 3.63) is 18.2 Å². The van der Waals surface area contributed by atoms with Crippen molar-refractivity contribution >= 4 is 27.4 Å². The quantitative estimate of drug-likeness (QED) is 0.729. The van der Waals surface area contributed by atoms with E-state index in [1.807, 2.05) is 18.2 Å². The standard InChI is InChI=1S/C8H8N2OS/c1-11-5-2-3-7-6(4-5)8(9)10-12-7/h2-4H,1H3,(H2,9,10). The molecule has 1 aromatic carbocycles. The van der Waals surface area contributed by atoms with E-state index in [4.69, 9.17) is 10.5 Å². The zero-order chi connectivity index (χ0) is 8.55. The predicted molar refractivity (Wildman–Crippen MR) is 50.6 cm³/mol. The van der Waals surface area contributed by atoms with E-state index in [2.05, 4.69) is 4.37 Å². The average molecular weight is 180 g/mol. The van der Waals surface area contributed by atoms with Gasteiger partial charge in [0.25, 0.3) is 0 Å². The Morgan fingerprint density at radius 2 is 2.33 bits per heavy atom. The van der Waals surface area contributed by atoms with E-state index in [1.54, 1.807) is 7.11 Å². The second kappa shape index (κ2) is 2.64. The fraction of sp³-hybridized carbons (Fsp3) is 0.125. The van der Waals surface area contributed by atoms with Crippen LogP contribution in [-0.2, 0) is 0 Å². The molecule has 12 heavy (non-hydrogen) atoms. The molecule has 0 radical (unpaired) electrons. The molecule has 0 bridgehead atoms. The Bertz CT molecular complexity index is 410. The van der Waals surface area contributed by atoms with Crippen LogP contribution in [0.1, 0.15) is 0 Å². The average Bonchev–Trinajstić information content (AvgIpc) is 2.47. The summed E-state index contributed by atoms with van der Waals surface area (Å²) < 4.78 is 10.2. The number of nitrogens with zero attached hydrogens (tertiary/aromatic N) is 1. The van der Waals surface area contributed by atoms with E-state index in [1.165, 1.54) is 11.5 Å². The zero-order valence-corrected chi connectivity index (χ0v) is 7.39. The Morgan fingerprint density at radius 3 is 3.08 bits per heavy atom. The second-order valence-corrected chi connectivity index (χ2v) is 3.23. The number of nitrogens with two attached hydrogens (primary N) is 1. The van der Waals surface area contributed by atoms with Crippen molar-refractivity contribution in [3.8, 4) is 5.75 Å². The van der Waals surface area contributed by atoms with E-state index < -0.39 is 0 Å². The van der Waals surface area contributed by atoms with Crippen molar-refractivity contribution in [1.29, 1.82) is 0 Å². The van der Waals surface area contributed by atoms with Gasteiger partial charge >= 0.3 is 0 Å². The zero-order valence-electron chi connectivity index (χ0n) is 6.57. The first-order chi connectivity index (χ1) is 5.81. The lowest BCUT2D eigenvalue weighted by atomic mass is 10.2. The molecule has 1 aromatic heterocycles. The third-order valence-corrected chi connectivity index (χ3v) is 2.55. The van der Waals surface area contributed by atoms with Crippen molar-refractivity contribution in [3.63, 3.8) is 0 Å². The van der Waals surface area contributed by atoms with Crippen LogP contribution in [0.25, 0.3) is 10.1 Å². The van der Waals surface area contributed by atoms with Crippen LogP contribution < -0.4 is 10.5 Å². The van der Waals surface area contributed by atoms with Crippen LogP contribution in [0.3, 0.4) is 0 Å². The fourth-order valence-electron chi connectivity index (χ4n) is 1.06. The Hall–Kier alpha value is -1.29. The molecule has 0 spiro atoms. The number of benzene rings is 1. The molecular formula is C8H8N2OS. The molecule has 2 aromatic rings. The molecular weight excluding hydrogens is 172 g/mol. The van der Waals surface area contributed by atoms with Crippen molar-refractivity contribution in [1.82, 2.24) is 4.37 Å². The number of fused-ring (bicyclic) bond motifs is 1. The summed E-state index contributed by atoms with van der Waals surface area (Å²) in [7, 11) is 1.64. The molecule has 0 amide bonds. The number of aromatic nitrogens is 1. The highest BCUT2D eigenvalue weighted by molar-refractivity contribution is 7.13. The van der Waals surface area contributed by atoms with Crippen LogP contribution in [0.15, 0.2) is 18.2 Å². The van der Waals surface area contributed by atoms with Crippen LogP contribution >= 0.6 is 11.5 Å². The van der Waals surface area contributed by atoms with Crippen molar-refractivity contribution in [2.75, 3.05) is 12.8 Å². The van der Waals surface area contributed by atoms with Gasteiger partial charge in [0.05, 0.1) is 11.8 Å². The smallest absolute Gasteiger partial charge is 0.145 e. The molecule has 2 N–H and O–H groups in total. The topological polar surface area (TPSA) is 48.1 Å². The first-order valence-corrected chi connectivity index (χ1v) is 4.27. The molecule has 0 saturated heterocycles. The summed E-state index contributed by atoms with van der Waals surface area (Å²) in [6, 6.07) is 5.76. The van der Waals surface area contributed by atoms with Crippen LogP contribution in [0.4, 0.5) is 5.82 Å². The first kappa shape index (κ1) is 7.36. The molecule has 0 aliphatic rings. The van der Waals surface area contributed by atoms with Crippen LogP contribution in [0.5, 0.6) is 5.75 Å². The maximum atomic E-state index is 5.64. The number of hydrogen-bond acceptors (Lipinski definition) is 4. The third-order valence-electron chi connectivity index (χ3n) is 1.71. The largest absolute Gasteiger partial charge is 0.497 e. The number of nitrogen functional groups attached to an aromatic ring is 1. The van der Waals surface area contributed by atoms with Gasteiger partial charge in [-0.3, -0.25) is 0 Å². The molecule has 1 heterocycles. The van der Waals surface area contributed by atoms with Crippen LogP contribution in [-0.4, -0.2) is 11.5 Å². The van der Waals surface area contributed by atoms with Gasteiger partial charge in [-0.1, -0.05) is 0 Å². The molecule has 2 rings (SSSR count). The monoisotopic (exact) mass is 180 g/mol. The molecule has 0 unspecified atom stereocenters. The predicted octanol–water partition coefficient (Wildman–Crippen LogP) is 1.89. The Morgan fingerprint density at radius 1 is 1.50 bits per heavy atom. The summed E-state index contributed by atoms with van der Waals surface area (Å²) in [5, 5.41) is 0.972. The van der Waals surface area contributed by atoms with Gasteiger partial charge in [-0.25, -0.2) is 0 Å². The van der Waals surface area contributed by atoms with Gasteiger partial charge in [-0.2, -0.15) is 4.37 Å². The highest BCUT2D eigenvalue weighted by Crippen LogP contribution is 2.27. The van der Waals surface area contributed by atoms with Gasteiger partial charge in [0.2, 0.25) is 0 Å². The second-order valence-electron chi connectivity index (χ2n) is 2.43. The molecule has 0 fully saturated rings. The summed E-state index contributed by atoms with van der Waals surface area (Å²) >= 11 is 1.40. The Labute approximate surface area is 73.9 Å². The highest BCUT2D eigenvalue weighted by atomic mass is 32.1. The molecule has 0 saturated carbocycles. The van der Waals surface area contributed by atoms with E-state index in [0.29, 0.717) is 5.82 Å². The SMILES string of the molecule is COc1ccc2snc(N)c2c1. The Kier molecular flexibility index (Phi) is 1.62. The number of anilines is 1. The van der Waals surface area contributed by atoms with Gasteiger partial charge in [-0.15, -0.1) is 0 Å². The minimum atomic E-state index is 0.578. The number of ether oxygens (including phenoxy) is 1. The Balaban J connectivity index is 2.71. The molecule has 3 nitrogen and oxygen atoms in total. The maximum Gasteiger partial charge on any atom is 0.145 e. The number of rotatable bonds is 1. The lowest BCUT2D eigenvalue weighted by Crippen LogP contribution is -1.85. The number of methoxy groups -OCH3 is 1. The molecule has 0 atom stereocenters. The summed E-state index contributed by atoms with van der Waals surface area (Å²) in [5.41, 5.74) is 5.64. The van der Waals surface area contributed by atoms with Crippen molar-refractivity contribution < 1.29 is 4.74 Å². The minimum Gasteiger partial charge on any atom is -0.497 e. The van der Waals surface area contributed by atoms with E-state index >= 15 is 0 Å². The van der Waals surface area contributed by atoms with E-state index in [0.717, 1.165) is 15.8 Å². The summed E-state index contributed by atoms with van der Waals surface area (Å²) in [6.45, 7) is 0. The van der Waals surface area contributed by atoms with Gasteiger partial charge in [0, 0.05) is 5.39 Å². The number of hydrogen-bond donors (Lipinski definition) is 1. The van der Waals surface area contributed by atoms with Gasteiger partial charge in [-0.05, 0) is 29.7 Å². The molecule has 0 aliphatic heterocycles. The van der Waals surface area contributed by atoms with Crippen LogP contribution in [0.2, 0.25) is 0 Å². The third kappa shape index (κ3) is 1.00. The first-order valence-electron chi connectivity index (χ1n) is 3.50. The van der Waals surface area contributed by atoms with E-state index in [9.17, 15) is 0 Å². The minimum absolute atomic E-state index is 0.578. The highest BCUT2D eigenvalue weighted by Gasteiger charge is 2.02. The van der Waals surface area contributed by atoms with Gasteiger partial charge < -0.3 is 10.5 Å². The van der Waals surface area contributed by atoms with Gasteiger partial charge in [0.15, 0.2) is 0 Å². The normalized spacial score (nSPS) is 10.4. The van der Waals surface area contributed by atoms with E-state index in [-0.39, 0.29) is 0 Å². The lowest BCUT2D eigenvalue weighted by Gasteiger charge is -1.97. The van der Waals surface area contributed by atoms with Crippen molar-refractivity contribution in [2.24, 2.45) is 0 Å². The van der Waals surface area contributed by atoms with Crippen LogP contribution in [0, 0.1) is 0 Å². The molecule has 62 valence electrons. The summed E-state index contributed by atoms with van der Waals surface area (Å²) in [5.74, 6) is 1.39. The maximum absolute atomic E-state index is 5.64. The lowest BCUT2D eigenvalue weighted by molar-refractivity contribution is 0.415. The molecule has 0 aliphatic carbocycles. The summed E-state index contributed by atoms with van der Waals surface area (Å²) in [4.78, 5) is 0. The molecule has 4 heteroatoms. The summed E-state index contributed by atoms with van der Waals surface area (Å²) in [6.07, 6.45) is 0. The van der Waals surface area contributed by atoms with Gasteiger partial charge in [0.1, 0.15) is 11.6 Å². The van der Waals surface area contributed by atoms with Crippen molar-refractivity contribution in [2.45, 2.75) is 0 Å². The fourth-order valence-corrected chi connectivity index (χ4v) is 1.75.